The lowest BCUT2D eigenvalue weighted by molar-refractivity contribution is -0.0213. The normalized spacial score (nSPS) is 30.2. The van der Waals surface area contributed by atoms with E-state index in [0.717, 1.165) is 31.2 Å². The van der Waals surface area contributed by atoms with Crippen LogP contribution in [0.25, 0.3) is 0 Å². The van der Waals surface area contributed by atoms with E-state index in [2.05, 4.69) is 11.9 Å². The van der Waals surface area contributed by atoms with Crippen molar-refractivity contribution in [3.63, 3.8) is 0 Å². The number of nitrogen functional groups attached to an aromatic ring is 1. The molecular formula is C13H20N2O. The summed E-state index contributed by atoms with van der Waals surface area (Å²) < 4.78 is 0. The molecule has 0 spiro atoms. The molecule has 3 N–H and O–H groups in total. The quantitative estimate of drug-likeness (QED) is 0.804. The molecular weight excluding hydrogens is 200 g/mol. The Bertz CT molecular complexity index is 367. The molecule has 0 aromatic carbocycles. The number of nitrogens with zero attached hydrogens (tertiary/aromatic N) is 1. The summed E-state index contributed by atoms with van der Waals surface area (Å²) in [6.45, 7) is 2.18. The molecule has 1 saturated carbocycles. The maximum absolute atomic E-state index is 10.7. The molecule has 0 bridgehead atoms. The van der Waals surface area contributed by atoms with Gasteiger partial charge < -0.3 is 10.8 Å². The molecule has 16 heavy (non-hydrogen) atoms. The van der Waals surface area contributed by atoms with Crippen LogP contribution in [0.4, 0.5) is 5.69 Å². The molecule has 3 nitrogen and oxygen atoms in total. The molecule has 2 rings (SSSR count). The molecule has 1 aliphatic rings. The number of hydrogen-bond acceptors (Lipinski definition) is 3. The topological polar surface area (TPSA) is 59.1 Å². The molecule has 2 unspecified atom stereocenters. The Morgan fingerprint density at radius 3 is 3.12 bits per heavy atom. The molecule has 1 fully saturated rings. The molecule has 0 amide bonds. The van der Waals surface area contributed by atoms with Crippen LogP contribution in [0.5, 0.6) is 0 Å². The zero-order valence-corrected chi connectivity index (χ0v) is 9.82. The minimum absolute atomic E-state index is 0.610. The number of nitrogens with two attached hydrogens (primary N) is 1. The largest absolute Gasteiger partial charge is 0.398 e. The molecule has 88 valence electrons. The number of rotatable bonds is 2. The van der Waals surface area contributed by atoms with Crippen molar-refractivity contribution in [3.05, 3.63) is 24.0 Å². The monoisotopic (exact) mass is 220 g/mol. The fourth-order valence-corrected chi connectivity index (χ4v) is 2.75. The van der Waals surface area contributed by atoms with E-state index in [1.54, 1.807) is 18.5 Å². The Morgan fingerprint density at radius 2 is 2.44 bits per heavy atom. The SMILES string of the molecule is CCC1CCCC(O)(c2cnccc2N)C1. The molecule has 1 aliphatic carbocycles. The lowest BCUT2D eigenvalue weighted by Gasteiger charge is -2.37. The Labute approximate surface area is 96.7 Å². The van der Waals surface area contributed by atoms with Gasteiger partial charge >= 0.3 is 0 Å². The Hall–Kier alpha value is -1.09. The first-order valence-electron chi connectivity index (χ1n) is 6.08. The molecule has 3 heteroatoms. The third-order valence-corrected chi connectivity index (χ3v) is 3.76. The highest BCUT2D eigenvalue weighted by Crippen LogP contribution is 2.42. The highest BCUT2D eigenvalue weighted by molar-refractivity contribution is 5.47. The third-order valence-electron chi connectivity index (χ3n) is 3.76. The van der Waals surface area contributed by atoms with Crippen LogP contribution in [-0.2, 0) is 5.60 Å². The lowest BCUT2D eigenvalue weighted by Crippen LogP contribution is -2.33. The zero-order valence-electron chi connectivity index (χ0n) is 9.82. The van der Waals surface area contributed by atoms with Gasteiger partial charge in [0.15, 0.2) is 0 Å². The second kappa shape index (κ2) is 4.42. The number of pyridine rings is 1. The number of anilines is 1. The second-order valence-electron chi connectivity index (χ2n) is 4.87. The van der Waals surface area contributed by atoms with Crippen molar-refractivity contribution in [1.82, 2.24) is 4.98 Å². The highest BCUT2D eigenvalue weighted by Gasteiger charge is 2.36. The van der Waals surface area contributed by atoms with Gasteiger partial charge in [-0.05, 0) is 31.2 Å². The van der Waals surface area contributed by atoms with E-state index in [9.17, 15) is 5.11 Å². The van der Waals surface area contributed by atoms with Crippen LogP contribution in [0.2, 0.25) is 0 Å². The van der Waals surface area contributed by atoms with Crippen molar-refractivity contribution in [2.75, 3.05) is 5.73 Å². The first-order chi connectivity index (χ1) is 7.65. The van der Waals surface area contributed by atoms with Crippen LogP contribution < -0.4 is 5.73 Å². The van der Waals surface area contributed by atoms with E-state index in [4.69, 9.17) is 5.73 Å². The molecule has 1 aromatic heterocycles. The van der Waals surface area contributed by atoms with Crippen molar-refractivity contribution in [3.8, 4) is 0 Å². The predicted molar refractivity (Wildman–Crippen MR) is 64.8 cm³/mol. The van der Waals surface area contributed by atoms with Crippen LogP contribution >= 0.6 is 0 Å². The first-order valence-corrected chi connectivity index (χ1v) is 6.08. The van der Waals surface area contributed by atoms with Crippen molar-refractivity contribution < 1.29 is 5.11 Å². The van der Waals surface area contributed by atoms with Gasteiger partial charge in [0, 0.05) is 23.6 Å². The third kappa shape index (κ3) is 2.05. The first kappa shape index (κ1) is 11.4. The minimum Gasteiger partial charge on any atom is -0.398 e. The zero-order chi connectivity index (χ0) is 11.6. The molecule has 0 radical (unpaired) electrons. The van der Waals surface area contributed by atoms with Crippen LogP contribution in [0.1, 0.15) is 44.6 Å². The van der Waals surface area contributed by atoms with Crippen LogP contribution in [0.3, 0.4) is 0 Å². The van der Waals surface area contributed by atoms with Crippen molar-refractivity contribution >= 4 is 5.69 Å². The van der Waals surface area contributed by atoms with E-state index in [1.165, 1.54) is 6.42 Å². The van der Waals surface area contributed by atoms with Crippen molar-refractivity contribution in [2.45, 2.75) is 44.6 Å². The number of aliphatic hydroxyl groups is 1. The lowest BCUT2D eigenvalue weighted by atomic mass is 9.73. The summed E-state index contributed by atoms with van der Waals surface area (Å²) in [6, 6.07) is 1.77. The molecule has 0 aliphatic heterocycles. The molecule has 1 aromatic rings. The van der Waals surface area contributed by atoms with Gasteiger partial charge in [0.1, 0.15) is 0 Å². The smallest absolute Gasteiger partial charge is 0.0934 e. The summed E-state index contributed by atoms with van der Waals surface area (Å²) in [7, 11) is 0. The average Bonchev–Trinajstić information content (AvgIpc) is 2.29. The van der Waals surface area contributed by atoms with Crippen molar-refractivity contribution in [1.29, 1.82) is 0 Å². The van der Waals surface area contributed by atoms with E-state index < -0.39 is 5.60 Å². The van der Waals surface area contributed by atoms with Crippen LogP contribution in [0.15, 0.2) is 18.5 Å². The summed E-state index contributed by atoms with van der Waals surface area (Å²) in [5.41, 5.74) is 6.65. The molecule has 0 saturated heterocycles. The van der Waals surface area contributed by atoms with Gasteiger partial charge in [0.2, 0.25) is 0 Å². The fourth-order valence-electron chi connectivity index (χ4n) is 2.75. The second-order valence-corrected chi connectivity index (χ2v) is 4.87. The summed E-state index contributed by atoms with van der Waals surface area (Å²) in [6.07, 6.45) is 8.43. The van der Waals surface area contributed by atoms with E-state index in [-0.39, 0.29) is 0 Å². The summed E-state index contributed by atoms with van der Waals surface area (Å²) in [5.74, 6) is 0.610. The average molecular weight is 220 g/mol. The summed E-state index contributed by atoms with van der Waals surface area (Å²) in [5, 5.41) is 10.7. The van der Waals surface area contributed by atoms with Crippen LogP contribution in [0, 0.1) is 5.92 Å². The standard InChI is InChI=1S/C13H20N2O/c1-2-10-4-3-6-13(16,8-10)11-9-15-7-5-12(11)14/h5,7,9-10,16H,2-4,6,8H2,1H3,(H2,14,15). The van der Waals surface area contributed by atoms with Crippen LogP contribution in [-0.4, -0.2) is 10.1 Å². The number of aromatic nitrogens is 1. The van der Waals surface area contributed by atoms with Gasteiger partial charge in [0.25, 0.3) is 0 Å². The van der Waals surface area contributed by atoms with Crippen molar-refractivity contribution in [2.24, 2.45) is 5.92 Å². The maximum Gasteiger partial charge on any atom is 0.0934 e. The van der Waals surface area contributed by atoms with E-state index in [1.807, 2.05) is 0 Å². The predicted octanol–water partition coefficient (Wildman–Crippen LogP) is 2.45. The Morgan fingerprint density at radius 1 is 1.62 bits per heavy atom. The fraction of sp³-hybridized carbons (Fsp3) is 0.615. The van der Waals surface area contributed by atoms with E-state index in [0.29, 0.717) is 11.6 Å². The maximum atomic E-state index is 10.7. The summed E-state index contributed by atoms with van der Waals surface area (Å²) >= 11 is 0. The van der Waals surface area contributed by atoms with E-state index >= 15 is 0 Å². The highest BCUT2D eigenvalue weighted by atomic mass is 16.3. The number of hydrogen-bond donors (Lipinski definition) is 2. The Kier molecular flexibility index (Phi) is 3.15. The molecule has 2 atom stereocenters. The van der Waals surface area contributed by atoms with Gasteiger partial charge in [-0.2, -0.15) is 0 Å². The van der Waals surface area contributed by atoms with Gasteiger partial charge in [-0.25, -0.2) is 0 Å². The summed E-state index contributed by atoms with van der Waals surface area (Å²) in [4.78, 5) is 4.08. The van der Waals surface area contributed by atoms with Gasteiger partial charge in [0.05, 0.1) is 5.60 Å². The van der Waals surface area contributed by atoms with Gasteiger partial charge in [-0.1, -0.05) is 19.8 Å². The molecule has 1 heterocycles. The van der Waals surface area contributed by atoms with Gasteiger partial charge in [-0.15, -0.1) is 0 Å². The Balaban J connectivity index is 2.27. The van der Waals surface area contributed by atoms with Gasteiger partial charge in [-0.3, -0.25) is 4.98 Å². The minimum atomic E-state index is -0.753.